The van der Waals surface area contributed by atoms with E-state index in [1.165, 1.54) is 19.3 Å². The first kappa shape index (κ1) is 16.7. The number of furan rings is 1. The third-order valence-electron chi connectivity index (χ3n) is 3.52. The van der Waals surface area contributed by atoms with Crippen LogP contribution in [0.5, 0.6) is 0 Å². The number of esters is 1. The lowest BCUT2D eigenvalue weighted by molar-refractivity contribution is -0.151. The van der Waals surface area contributed by atoms with Crippen molar-refractivity contribution in [3.63, 3.8) is 0 Å². The van der Waals surface area contributed by atoms with Crippen molar-refractivity contribution in [2.75, 3.05) is 6.61 Å². The van der Waals surface area contributed by atoms with Gasteiger partial charge in [-0.1, -0.05) is 30.3 Å². The van der Waals surface area contributed by atoms with Crippen molar-refractivity contribution < 1.29 is 23.5 Å². The van der Waals surface area contributed by atoms with Crippen LogP contribution in [0.1, 0.15) is 35.9 Å². The van der Waals surface area contributed by atoms with Gasteiger partial charge in [0.15, 0.2) is 5.76 Å². The number of carbonyl (C=O) groups is 3. The zero-order chi connectivity index (χ0) is 16.8. The zero-order valence-corrected chi connectivity index (χ0v) is 13.0. The Hall–Kier alpha value is -2.69. The van der Waals surface area contributed by atoms with E-state index in [1.54, 1.807) is 43.3 Å². The number of benzene rings is 1. The Morgan fingerprint density at radius 3 is 2.30 bits per heavy atom. The third kappa shape index (κ3) is 3.74. The van der Waals surface area contributed by atoms with Gasteiger partial charge in [0.1, 0.15) is 11.7 Å². The molecule has 2 unspecified atom stereocenters. The Labute approximate surface area is 134 Å². The highest BCUT2D eigenvalue weighted by Gasteiger charge is 2.40. The average molecular weight is 314 g/mol. The molecule has 5 heteroatoms. The first-order chi connectivity index (χ1) is 11.1. The van der Waals surface area contributed by atoms with Crippen LogP contribution in [0.4, 0.5) is 0 Å². The van der Waals surface area contributed by atoms with Gasteiger partial charge in [-0.3, -0.25) is 14.4 Å². The minimum Gasteiger partial charge on any atom is -0.465 e. The molecule has 23 heavy (non-hydrogen) atoms. The second-order valence-corrected chi connectivity index (χ2v) is 5.07. The Morgan fingerprint density at radius 1 is 1.09 bits per heavy atom. The number of hydrogen-bond donors (Lipinski definition) is 0. The Morgan fingerprint density at radius 2 is 1.78 bits per heavy atom. The molecule has 0 aliphatic carbocycles. The zero-order valence-electron chi connectivity index (χ0n) is 13.0. The fraction of sp³-hybridized carbons (Fsp3) is 0.278. The number of Topliss-reactive ketones (excluding diaryl/α,β-unsaturated/α-hetero) is 2. The lowest BCUT2D eigenvalue weighted by Gasteiger charge is -2.22. The number of ketones is 2. The number of carbonyl (C=O) groups excluding carboxylic acids is 3. The summed E-state index contributed by atoms with van der Waals surface area (Å²) in [5, 5.41) is 0. The Balaban J connectivity index is 2.49. The van der Waals surface area contributed by atoms with E-state index < -0.39 is 29.4 Å². The van der Waals surface area contributed by atoms with Crippen LogP contribution in [0.25, 0.3) is 0 Å². The van der Waals surface area contributed by atoms with Gasteiger partial charge in [-0.25, -0.2) is 0 Å². The van der Waals surface area contributed by atoms with Gasteiger partial charge in [0.2, 0.25) is 5.78 Å². The molecule has 1 aromatic carbocycles. The summed E-state index contributed by atoms with van der Waals surface area (Å²) in [6.45, 7) is 3.08. The molecule has 1 aromatic heterocycles. The Bertz CT molecular complexity index is 673. The second-order valence-electron chi connectivity index (χ2n) is 5.07. The molecule has 2 rings (SSSR count). The highest BCUT2D eigenvalue weighted by atomic mass is 16.5. The molecule has 0 spiro atoms. The fourth-order valence-electron chi connectivity index (χ4n) is 2.50. The number of hydrogen-bond acceptors (Lipinski definition) is 5. The predicted molar refractivity (Wildman–Crippen MR) is 83.0 cm³/mol. The van der Waals surface area contributed by atoms with E-state index in [0.29, 0.717) is 5.56 Å². The quantitative estimate of drug-likeness (QED) is 0.446. The van der Waals surface area contributed by atoms with E-state index in [4.69, 9.17) is 9.15 Å². The van der Waals surface area contributed by atoms with E-state index >= 15 is 0 Å². The van der Waals surface area contributed by atoms with Crippen molar-refractivity contribution in [3.05, 3.63) is 60.1 Å². The first-order valence-corrected chi connectivity index (χ1v) is 7.36. The second kappa shape index (κ2) is 7.54. The molecule has 120 valence electrons. The van der Waals surface area contributed by atoms with Crippen LogP contribution in [-0.4, -0.2) is 24.1 Å². The van der Waals surface area contributed by atoms with Crippen LogP contribution in [0, 0.1) is 5.92 Å². The molecular formula is C18H18O5. The minimum absolute atomic E-state index is 0.106. The van der Waals surface area contributed by atoms with E-state index in [1.807, 2.05) is 0 Å². The average Bonchev–Trinajstić information content (AvgIpc) is 3.07. The molecule has 0 radical (unpaired) electrons. The van der Waals surface area contributed by atoms with Gasteiger partial charge in [0.25, 0.3) is 0 Å². The highest BCUT2D eigenvalue weighted by Crippen LogP contribution is 2.31. The molecule has 0 fully saturated rings. The van der Waals surface area contributed by atoms with Gasteiger partial charge in [-0.2, -0.15) is 0 Å². The van der Waals surface area contributed by atoms with Crippen molar-refractivity contribution in [1.29, 1.82) is 0 Å². The summed E-state index contributed by atoms with van der Waals surface area (Å²) in [6.07, 6.45) is 1.38. The Kier molecular flexibility index (Phi) is 5.46. The van der Waals surface area contributed by atoms with E-state index in [9.17, 15) is 14.4 Å². The molecule has 0 saturated heterocycles. The van der Waals surface area contributed by atoms with Crippen molar-refractivity contribution in [3.8, 4) is 0 Å². The summed E-state index contributed by atoms with van der Waals surface area (Å²) in [5.41, 5.74) is 0.571. The van der Waals surface area contributed by atoms with Crippen molar-refractivity contribution >= 4 is 17.5 Å². The summed E-state index contributed by atoms with van der Waals surface area (Å²) in [7, 11) is 0. The van der Waals surface area contributed by atoms with Crippen LogP contribution in [0.2, 0.25) is 0 Å². The lowest BCUT2D eigenvalue weighted by atomic mass is 9.80. The summed E-state index contributed by atoms with van der Waals surface area (Å²) in [4.78, 5) is 37.1. The van der Waals surface area contributed by atoms with Gasteiger partial charge in [-0.15, -0.1) is 0 Å². The molecule has 0 bridgehead atoms. The molecule has 0 aliphatic rings. The van der Waals surface area contributed by atoms with Gasteiger partial charge >= 0.3 is 5.97 Å². The molecule has 0 amide bonds. The summed E-state index contributed by atoms with van der Waals surface area (Å²) >= 11 is 0. The molecular weight excluding hydrogens is 296 g/mol. The molecule has 0 aliphatic heterocycles. The van der Waals surface area contributed by atoms with E-state index in [2.05, 4.69) is 0 Å². The molecule has 2 atom stereocenters. The van der Waals surface area contributed by atoms with Gasteiger partial charge in [-0.05, 0) is 31.5 Å². The summed E-state index contributed by atoms with van der Waals surface area (Å²) in [6, 6.07) is 11.8. The molecule has 5 nitrogen and oxygen atoms in total. The molecule has 1 heterocycles. The standard InChI is InChI=1S/C18H18O5/c1-3-22-18(21)15(12(2)19)16(13-8-5-4-6-9-13)17(20)14-10-7-11-23-14/h4-11,15-16H,3H2,1-2H3. The van der Waals surface area contributed by atoms with Crippen molar-refractivity contribution in [2.45, 2.75) is 19.8 Å². The third-order valence-corrected chi connectivity index (χ3v) is 3.52. The lowest BCUT2D eigenvalue weighted by Crippen LogP contribution is -2.34. The molecule has 0 N–H and O–H groups in total. The molecule has 0 saturated carbocycles. The highest BCUT2D eigenvalue weighted by molar-refractivity contribution is 6.08. The SMILES string of the molecule is CCOC(=O)C(C(C)=O)C(C(=O)c1ccco1)c1ccccc1. The minimum atomic E-state index is -1.20. The largest absolute Gasteiger partial charge is 0.465 e. The van der Waals surface area contributed by atoms with Gasteiger partial charge < -0.3 is 9.15 Å². The van der Waals surface area contributed by atoms with Crippen LogP contribution in [0.3, 0.4) is 0 Å². The maximum absolute atomic E-state index is 12.8. The summed E-state index contributed by atoms with van der Waals surface area (Å²) in [5.74, 6) is -3.61. The smallest absolute Gasteiger partial charge is 0.317 e. The van der Waals surface area contributed by atoms with E-state index in [0.717, 1.165) is 0 Å². The van der Waals surface area contributed by atoms with Gasteiger partial charge in [0.05, 0.1) is 18.8 Å². The fourth-order valence-corrected chi connectivity index (χ4v) is 2.50. The van der Waals surface area contributed by atoms with E-state index in [-0.39, 0.29) is 12.4 Å². The van der Waals surface area contributed by atoms with Crippen LogP contribution in [-0.2, 0) is 14.3 Å². The summed E-state index contributed by atoms with van der Waals surface area (Å²) < 4.78 is 10.1. The molecule has 2 aromatic rings. The normalized spacial score (nSPS) is 13.1. The van der Waals surface area contributed by atoms with Crippen molar-refractivity contribution in [2.24, 2.45) is 5.92 Å². The topological polar surface area (TPSA) is 73.6 Å². The van der Waals surface area contributed by atoms with Crippen LogP contribution >= 0.6 is 0 Å². The van der Waals surface area contributed by atoms with Gasteiger partial charge in [0, 0.05) is 0 Å². The van der Waals surface area contributed by atoms with Crippen LogP contribution < -0.4 is 0 Å². The number of rotatable bonds is 7. The first-order valence-electron chi connectivity index (χ1n) is 7.36. The van der Waals surface area contributed by atoms with Crippen LogP contribution in [0.15, 0.2) is 53.1 Å². The van der Waals surface area contributed by atoms with Crippen molar-refractivity contribution in [1.82, 2.24) is 0 Å². The maximum atomic E-state index is 12.8. The monoisotopic (exact) mass is 314 g/mol. The number of ether oxygens (including phenoxy) is 1. The maximum Gasteiger partial charge on any atom is 0.317 e. The predicted octanol–water partition coefficient (Wildman–Crippen LogP) is 3.01.